The van der Waals surface area contributed by atoms with E-state index < -0.39 is 11.6 Å². The van der Waals surface area contributed by atoms with Gasteiger partial charge >= 0.3 is 0 Å². The van der Waals surface area contributed by atoms with Gasteiger partial charge < -0.3 is 10.3 Å². The molecule has 1 aromatic heterocycles. The topological polar surface area (TPSA) is 43.8 Å². The lowest BCUT2D eigenvalue weighted by atomic mass is 10.2. The first kappa shape index (κ1) is 12.6. The lowest BCUT2D eigenvalue weighted by Crippen LogP contribution is -1.98. The summed E-state index contributed by atoms with van der Waals surface area (Å²) in [7, 11) is 0. The van der Waals surface area contributed by atoms with Crippen LogP contribution in [-0.4, -0.2) is 9.55 Å². The maximum Gasteiger partial charge on any atom is 0.159 e. The smallest absolute Gasteiger partial charge is 0.159 e. The number of nitrogen functional groups attached to an aromatic ring is 1. The Balaban J connectivity index is 2.30. The van der Waals surface area contributed by atoms with Crippen molar-refractivity contribution >= 4 is 16.7 Å². The molecular formula is C15H13F2N3. The summed E-state index contributed by atoms with van der Waals surface area (Å²) < 4.78 is 28.4. The Hall–Kier alpha value is -2.43. The number of imidazole rings is 1. The SMILES string of the molecule is CCn1c(-c2ccc(F)c(F)c2)nc2c(N)cccc21. The first-order chi connectivity index (χ1) is 9.61. The van der Waals surface area contributed by atoms with Crippen LogP contribution in [0.2, 0.25) is 0 Å². The van der Waals surface area contributed by atoms with E-state index in [0.717, 1.165) is 17.6 Å². The second-order valence-corrected chi connectivity index (χ2v) is 4.52. The van der Waals surface area contributed by atoms with Crippen LogP contribution in [-0.2, 0) is 6.54 Å². The molecule has 1 heterocycles. The summed E-state index contributed by atoms with van der Waals surface area (Å²) in [5.74, 6) is -1.17. The van der Waals surface area contributed by atoms with Gasteiger partial charge in [0, 0.05) is 12.1 Å². The van der Waals surface area contributed by atoms with Crippen molar-refractivity contribution in [3.05, 3.63) is 48.0 Å². The monoisotopic (exact) mass is 273 g/mol. The van der Waals surface area contributed by atoms with E-state index in [1.54, 1.807) is 6.07 Å². The third kappa shape index (κ3) is 1.82. The van der Waals surface area contributed by atoms with Crippen LogP contribution in [0.4, 0.5) is 14.5 Å². The van der Waals surface area contributed by atoms with Gasteiger partial charge in [0.15, 0.2) is 11.6 Å². The van der Waals surface area contributed by atoms with Gasteiger partial charge in [-0.2, -0.15) is 0 Å². The Kier molecular flexibility index (Phi) is 2.89. The van der Waals surface area contributed by atoms with Gasteiger partial charge in [0.25, 0.3) is 0 Å². The van der Waals surface area contributed by atoms with E-state index in [1.165, 1.54) is 6.07 Å². The molecule has 0 bridgehead atoms. The van der Waals surface area contributed by atoms with Gasteiger partial charge in [0.05, 0.1) is 11.2 Å². The molecule has 0 aliphatic carbocycles. The number of nitrogens with two attached hydrogens (primary N) is 1. The minimum Gasteiger partial charge on any atom is -0.397 e. The Morgan fingerprint density at radius 1 is 1.15 bits per heavy atom. The van der Waals surface area contributed by atoms with Crippen LogP contribution in [0.1, 0.15) is 6.92 Å². The Morgan fingerprint density at radius 2 is 1.95 bits per heavy atom. The van der Waals surface area contributed by atoms with Crippen LogP contribution in [0.5, 0.6) is 0 Å². The van der Waals surface area contributed by atoms with Crippen molar-refractivity contribution in [2.24, 2.45) is 0 Å². The standard InChI is InChI=1S/C15H13F2N3/c1-2-20-13-5-3-4-12(18)14(13)19-15(20)9-6-7-10(16)11(17)8-9/h3-8H,2,18H2,1H3. The summed E-state index contributed by atoms with van der Waals surface area (Å²) in [6.07, 6.45) is 0. The number of aryl methyl sites for hydroxylation is 1. The molecule has 20 heavy (non-hydrogen) atoms. The maximum absolute atomic E-state index is 13.4. The number of benzene rings is 2. The fourth-order valence-electron chi connectivity index (χ4n) is 2.34. The van der Waals surface area contributed by atoms with Crippen LogP contribution in [0, 0.1) is 11.6 Å². The van der Waals surface area contributed by atoms with Crippen molar-refractivity contribution in [3.8, 4) is 11.4 Å². The molecule has 0 aliphatic rings. The number of nitrogens with zero attached hydrogens (tertiary/aromatic N) is 2. The summed E-state index contributed by atoms with van der Waals surface area (Å²) >= 11 is 0. The lowest BCUT2D eigenvalue weighted by Gasteiger charge is -2.06. The molecule has 0 saturated carbocycles. The molecule has 0 spiro atoms. The zero-order chi connectivity index (χ0) is 14.3. The minimum absolute atomic E-state index is 0.529. The molecule has 0 atom stereocenters. The van der Waals surface area contributed by atoms with Crippen molar-refractivity contribution in [3.63, 3.8) is 0 Å². The number of fused-ring (bicyclic) bond motifs is 1. The molecule has 102 valence electrons. The zero-order valence-electron chi connectivity index (χ0n) is 10.9. The first-order valence-corrected chi connectivity index (χ1v) is 6.32. The van der Waals surface area contributed by atoms with Crippen LogP contribution in [0.3, 0.4) is 0 Å². The van der Waals surface area contributed by atoms with Crippen LogP contribution < -0.4 is 5.73 Å². The number of hydrogen-bond acceptors (Lipinski definition) is 2. The molecule has 0 fully saturated rings. The summed E-state index contributed by atoms with van der Waals surface area (Å²) in [4.78, 5) is 4.47. The Morgan fingerprint density at radius 3 is 2.65 bits per heavy atom. The van der Waals surface area contributed by atoms with Gasteiger partial charge in [-0.25, -0.2) is 13.8 Å². The van der Waals surface area contributed by atoms with Crippen molar-refractivity contribution in [2.75, 3.05) is 5.73 Å². The van der Waals surface area contributed by atoms with Gasteiger partial charge in [0.1, 0.15) is 11.3 Å². The third-order valence-corrected chi connectivity index (χ3v) is 3.30. The second kappa shape index (κ2) is 4.59. The third-order valence-electron chi connectivity index (χ3n) is 3.30. The van der Waals surface area contributed by atoms with E-state index in [4.69, 9.17) is 5.73 Å². The summed E-state index contributed by atoms with van der Waals surface area (Å²) in [6.45, 7) is 2.63. The van der Waals surface area contributed by atoms with E-state index in [1.807, 2.05) is 23.6 Å². The van der Waals surface area contributed by atoms with E-state index in [-0.39, 0.29) is 0 Å². The van der Waals surface area contributed by atoms with Crippen molar-refractivity contribution in [1.29, 1.82) is 0 Å². The molecular weight excluding hydrogens is 260 g/mol. The summed E-state index contributed by atoms with van der Waals surface area (Å²) in [5, 5.41) is 0. The number of anilines is 1. The first-order valence-electron chi connectivity index (χ1n) is 6.32. The van der Waals surface area contributed by atoms with Gasteiger partial charge in [0.2, 0.25) is 0 Å². The molecule has 5 heteroatoms. The largest absolute Gasteiger partial charge is 0.397 e. The number of aromatic nitrogens is 2. The van der Waals surface area contributed by atoms with Crippen LogP contribution in [0.25, 0.3) is 22.4 Å². The van der Waals surface area contributed by atoms with E-state index in [9.17, 15) is 8.78 Å². The summed E-state index contributed by atoms with van der Waals surface area (Å²) in [5.41, 5.74) is 8.57. The van der Waals surface area contributed by atoms with E-state index in [0.29, 0.717) is 29.1 Å². The van der Waals surface area contributed by atoms with Crippen molar-refractivity contribution in [2.45, 2.75) is 13.5 Å². The molecule has 2 N–H and O–H groups in total. The number of para-hydroxylation sites is 1. The highest BCUT2D eigenvalue weighted by Crippen LogP contribution is 2.28. The van der Waals surface area contributed by atoms with Crippen LogP contribution in [0.15, 0.2) is 36.4 Å². The highest BCUT2D eigenvalue weighted by Gasteiger charge is 2.14. The van der Waals surface area contributed by atoms with Gasteiger partial charge in [-0.1, -0.05) is 6.07 Å². The van der Waals surface area contributed by atoms with Gasteiger partial charge in [-0.3, -0.25) is 0 Å². The average Bonchev–Trinajstić information content (AvgIpc) is 2.82. The van der Waals surface area contributed by atoms with E-state index in [2.05, 4.69) is 4.98 Å². The highest BCUT2D eigenvalue weighted by atomic mass is 19.2. The van der Waals surface area contributed by atoms with Crippen molar-refractivity contribution < 1.29 is 8.78 Å². The van der Waals surface area contributed by atoms with Gasteiger partial charge in [-0.05, 0) is 37.3 Å². The normalized spacial score (nSPS) is 11.2. The molecule has 0 saturated heterocycles. The predicted molar refractivity (Wildman–Crippen MR) is 75.2 cm³/mol. The predicted octanol–water partition coefficient (Wildman–Crippen LogP) is 3.58. The van der Waals surface area contributed by atoms with Crippen LogP contribution >= 0.6 is 0 Å². The minimum atomic E-state index is -0.884. The molecule has 3 aromatic rings. The quantitative estimate of drug-likeness (QED) is 0.725. The Bertz CT molecular complexity index is 793. The molecule has 2 aromatic carbocycles. The number of hydrogen-bond donors (Lipinski definition) is 1. The lowest BCUT2D eigenvalue weighted by molar-refractivity contribution is 0.509. The molecule has 0 aliphatic heterocycles. The number of rotatable bonds is 2. The Labute approximate surface area is 114 Å². The van der Waals surface area contributed by atoms with E-state index >= 15 is 0 Å². The maximum atomic E-state index is 13.4. The van der Waals surface area contributed by atoms with Crippen molar-refractivity contribution in [1.82, 2.24) is 9.55 Å². The fourth-order valence-corrected chi connectivity index (χ4v) is 2.34. The number of halogens is 2. The summed E-state index contributed by atoms with van der Waals surface area (Å²) in [6, 6.07) is 9.30. The average molecular weight is 273 g/mol. The van der Waals surface area contributed by atoms with Gasteiger partial charge in [-0.15, -0.1) is 0 Å². The molecule has 3 nitrogen and oxygen atoms in total. The highest BCUT2D eigenvalue weighted by molar-refractivity contribution is 5.90. The molecule has 3 rings (SSSR count). The zero-order valence-corrected chi connectivity index (χ0v) is 10.9. The fraction of sp³-hybridized carbons (Fsp3) is 0.133. The molecule has 0 unspecified atom stereocenters. The molecule has 0 radical (unpaired) electrons. The second-order valence-electron chi connectivity index (χ2n) is 4.52. The molecule has 0 amide bonds.